The number of pyridine rings is 1. The Labute approximate surface area is 122 Å². The van der Waals surface area contributed by atoms with Crippen LogP contribution in [-0.4, -0.2) is 18.1 Å². The first-order valence-corrected chi connectivity index (χ1v) is 7.87. The summed E-state index contributed by atoms with van der Waals surface area (Å²) < 4.78 is 0.962. The summed E-state index contributed by atoms with van der Waals surface area (Å²) in [6.07, 6.45) is 8.34. The summed E-state index contributed by atoms with van der Waals surface area (Å²) in [5.41, 5.74) is 1.62. The van der Waals surface area contributed by atoms with Crippen molar-refractivity contribution in [2.45, 2.75) is 38.0 Å². The zero-order valence-corrected chi connectivity index (χ0v) is 12.7. The fourth-order valence-electron chi connectivity index (χ4n) is 3.59. The second-order valence-corrected chi connectivity index (χ2v) is 7.06. The van der Waals surface area contributed by atoms with E-state index in [2.05, 4.69) is 26.2 Å². The van der Waals surface area contributed by atoms with Crippen molar-refractivity contribution in [3.8, 4) is 0 Å². The van der Waals surface area contributed by atoms with Gasteiger partial charge >= 0.3 is 0 Å². The molecule has 3 rings (SSSR count). The summed E-state index contributed by atoms with van der Waals surface area (Å²) in [6, 6.07) is 1.97. The number of rotatable bonds is 1. The van der Waals surface area contributed by atoms with Gasteiger partial charge in [-0.2, -0.15) is 0 Å². The van der Waals surface area contributed by atoms with E-state index in [0.717, 1.165) is 15.2 Å². The third-order valence-corrected chi connectivity index (χ3v) is 5.23. The van der Waals surface area contributed by atoms with Crippen molar-refractivity contribution < 1.29 is 0 Å². The molecule has 1 aliphatic carbocycles. The monoisotopic (exact) mass is 328 g/mol. The van der Waals surface area contributed by atoms with E-state index in [9.17, 15) is 0 Å². The number of nitrogens with zero attached hydrogens (tertiary/aromatic N) is 1. The van der Waals surface area contributed by atoms with Crippen LogP contribution >= 0.6 is 27.5 Å². The number of aromatic nitrogens is 1. The van der Waals surface area contributed by atoms with Crippen LogP contribution in [-0.2, 0) is 0 Å². The Hall–Kier alpha value is -0.120. The quantitative estimate of drug-likeness (QED) is 0.838. The van der Waals surface area contributed by atoms with E-state index in [0.29, 0.717) is 11.3 Å². The van der Waals surface area contributed by atoms with E-state index in [1.807, 2.05) is 12.3 Å². The van der Waals surface area contributed by atoms with Crippen LogP contribution in [0, 0.1) is 5.41 Å². The summed E-state index contributed by atoms with van der Waals surface area (Å²) in [7, 11) is 0. The molecule has 98 valence electrons. The van der Waals surface area contributed by atoms with Crippen molar-refractivity contribution in [2.24, 2.45) is 5.41 Å². The zero-order valence-electron chi connectivity index (χ0n) is 10.4. The van der Waals surface area contributed by atoms with Gasteiger partial charge in [0.1, 0.15) is 0 Å². The molecule has 0 amide bonds. The fourth-order valence-corrected chi connectivity index (χ4v) is 4.38. The molecule has 4 heteroatoms. The molecule has 2 nitrogen and oxygen atoms in total. The summed E-state index contributed by atoms with van der Waals surface area (Å²) in [5, 5.41) is 4.33. The normalized spacial score (nSPS) is 32.0. The molecule has 2 atom stereocenters. The molecule has 2 heterocycles. The maximum atomic E-state index is 6.35. The van der Waals surface area contributed by atoms with Gasteiger partial charge in [-0.1, -0.05) is 18.0 Å². The van der Waals surface area contributed by atoms with Gasteiger partial charge in [0.05, 0.1) is 10.7 Å². The van der Waals surface area contributed by atoms with Crippen molar-refractivity contribution >= 4 is 27.5 Å². The van der Waals surface area contributed by atoms with E-state index in [4.69, 9.17) is 11.6 Å². The molecular formula is C14H18BrClN2. The third-order valence-electron chi connectivity index (χ3n) is 4.49. The van der Waals surface area contributed by atoms with Crippen molar-refractivity contribution in [3.05, 3.63) is 27.5 Å². The molecule has 0 radical (unpaired) electrons. The van der Waals surface area contributed by atoms with Crippen LogP contribution in [0.1, 0.15) is 43.7 Å². The number of hydrogen-bond donors (Lipinski definition) is 1. The van der Waals surface area contributed by atoms with E-state index < -0.39 is 0 Å². The van der Waals surface area contributed by atoms with Crippen LogP contribution in [0.4, 0.5) is 0 Å². The first-order valence-electron chi connectivity index (χ1n) is 6.70. The van der Waals surface area contributed by atoms with Crippen LogP contribution in [0.25, 0.3) is 0 Å². The van der Waals surface area contributed by atoms with Gasteiger partial charge in [-0.15, -0.1) is 0 Å². The average molecular weight is 330 g/mol. The van der Waals surface area contributed by atoms with Gasteiger partial charge < -0.3 is 5.32 Å². The van der Waals surface area contributed by atoms with Gasteiger partial charge in [0.15, 0.2) is 0 Å². The third kappa shape index (κ3) is 2.45. The molecule has 1 saturated heterocycles. The minimum atomic E-state index is 0.515. The summed E-state index contributed by atoms with van der Waals surface area (Å²) >= 11 is 9.77. The van der Waals surface area contributed by atoms with Gasteiger partial charge in [-0.3, -0.25) is 4.98 Å². The van der Waals surface area contributed by atoms with Crippen molar-refractivity contribution in [1.82, 2.24) is 10.3 Å². The molecule has 2 unspecified atom stereocenters. The van der Waals surface area contributed by atoms with Gasteiger partial charge in [0.25, 0.3) is 0 Å². The van der Waals surface area contributed by atoms with Gasteiger partial charge in [-0.05, 0) is 59.6 Å². The predicted octanol–water partition coefficient (Wildman–Crippen LogP) is 4.13. The Morgan fingerprint density at radius 2 is 2.33 bits per heavy atom. The molecule has 18 heavy (non-hydrogen) atoms. The highest BCUT2D eigenvalue weighted by molar-refractivity contribution is 9.10. The van der Waals surface area contributed by atoms with Gasteiger partial charge in [-0.25, -0.2) is 0 Å². The van der Waals surface area contributed by atoms with Crippen molar-refractivity contribution in [2.75, 3.05) is 13.1 Å². The van der Waals surface area contributed by atoms with Crippen LogP contribution in [0.15, 0.2) is 16.7 Å². The fraction of sp³-hybridized carbons (Fsp3) is 0.643. The minimum absolute atomic E-state index is 0.515. The Kier molecular flexibility index (Phi) is 3.65. The lowest BCUT2D eigenvalue weighted by Gasteiger charge is -2.37. The zero-order chi connectivity index (χ0) is 12.6. The molecule has 1 aromatic rings. The summed E-state index contributed by atoms with van der Waals surface area (Å²) in [5.74, 6) is 0.541. The predicted molar refractivity (Wildman–Crippen MR) is 78.1 cm³/mol. The molecule has 2 aliphatic rings. The SMILES string of the molecule is Clc1cc(Br)cnc1C1CCCC2(CCNC2)C1. The average Bonchev–Trinajstić information content (AvgIpc) is 2.77. The van der Waals surface area contributed by atoms with Crippen LogP contribution < -0.4 is 5.32 Å². The second kappa shape index (κ2) is 5.10. The van der Waals surface area contributed by atoms with E-state index in [1.54, 1.807) is 0 Å². The van der Waals surface area contributed by atoms with E-state index in [1.165, 1.54) is 45.2 Å². The van der Waals surface area contributed by atoms with Crippen molar-refractivity contribution in [3.63, 3.8) is 0 Å². The molecule has 1 aliphatic heterocycles. The molecule has 1 saturated carbocycles. The molecule has 1 spiro atoms. The lowest BCUT2D eigenvalue weighted by molar-refractivity contribution is 0.192. The molecule has 0 aromatic carbocycles. The van der Waals surface area contributed by atoms with Crippen molar-refractivity contribution in [1.29, 1.82) is 0 Å². The highest BCUT2D eigenvalue weighted by atomic mass is 79.9. The number of hydrogen-bond acceptors (Lipinski definition) is 2. The maximum absolute atomic E-state index is 6.35. The Morgan fingerprint density at radius 3 is 3.06 bits per heavy atom. The molecule has 1 N–H and O–H groups in total. The molecular weight excluding hydrogens is 312 g/mol. The molecule has 2 fully saturated rings. The minimum Gasteiger partial charge on any atom is -0.316 e. The van der Waals surface area contributed by atoms with Gasteiger partial charge in [0, 0.05) is 23.1 Å². The number of nitrogens with one attached hydrogen (secondary N) is 1. The summed E-state index contributed by atoms with van der Waals surface area (Å²) in [4.78, 5) is 4.56. The second-order valence-electron chi connectivity index (χ2n) is 5.74. The highest BCUT2D eigenvalue weighted by Gasteiger charge is 2.39. The Bertz CT molecular complexity index is 443. The number of halogens is 2. The van der Waals surface area contributed by atoms with Gasteiger partial charge in [0.2, 0.25) is 0 Å². The standard InChI is InChI=1S/C14H18BrClN2/c15-11-6-12(16)13(18-8-11)10-2-1-3-14(7-10)4-5-17-9-14/h6,8,10,17H,1-5,7,9H2. The highest BCUT2D eigenvalue weighted by Crippen LogP contribution is 2.47. The van der Waals surface area contributed by atoms with E-state index in [-0.39, 0.29) is 0 Å². The maximum Gasteiger partial charge on any atom is 0.0635 e. The first-order chi connectivity index (χ1) is 8.69. The lowest BCUT2D eigenvalue weighted by atomic mass is 9.68. The van der Waals surface area contributed by atoms with Crippen LogP contribution in [0.3, 0.4) is 0 Å². The Morgan fingerprint density at radius 1 is 1.44 bits per heavy atom. The van der Waals surface area contributed by atoms with Crippen LogP contribution in [0.2, 0.25) is 5.02 Å². The molecule has 1 aromatic heterocycles. The topological polar surface area (TPSA) is 24.9 Å². The Balaban J connectivity index is 1.83. The first kappa shape index (κ1) is 12.9. The summed E-state index contributed by atoms with van der Waals surface area (Å²) in [6.45, 7) is 2.35. The smallest absolute Gasteiger partial charge is 0.0635 e. The van der Waals surface area contributed by atoms with Crippen LogP contribution in [0.5, 0.6) is 0 Å². The largest absolute Gasteiger partial charge is 0.316 e. The lowest BCUT2D eigenvalue weighted by Crippen LogP contribution is -2.30. The van der Waals surface area contributed by atoms with E-state index >= 15 is 0 Å². The molecule has 0 bridgehead atoms.